The third kappa shape index (κ3) is 5.67. The normalized spacial score (nSPS) is 23.3. The van der Waals surface area contributed by atoms with E-state index in [1.54, 1.807) is 4.90 Å². The van der Waals surface area contributed by atoms with Crippen LogP contribution in [0, 0.1) is 6.57 Å². The van der Waals surface area contributed by atoms with Crippen molar-refractivity contribution in [2.45, 2.75) is 56.9 Å². The molecule has 1 unspecified atom stereocenters. The van der Waals surface area contributed by atoms with Crippen LogP contribution in [0.5, 0.6) is 6.01 Å². The van der Waals surface area contributed by atoms with Gasteiger partial charge < -0.3 is 34.8 Å². The number of hydrogen-bond acceptors (Lipinski definition) is 9. The minimum Gasteiger partial charge on any atom is -0.462 e. The van der Waals surface area contributed by atoms with Gasteiger partial charge in [-0.3, -0.25) is 4.79 Å². The van der Waals surface area contributed by atoms with Crippen molar-refractivity contribution >= 4 is 28.3 Å². The van der Waals surface area contributed by atoms with Gasteiger partial charge >= 0.3 is 6.01 Å². The molecule has 3 aliphatic heterocycles. The highest BCUT2D eigenvalue weighted by atomic mass is 16.5. The second kappa shape index (κ2) is 12.0. The minimum absolute atomic E-state index is 0.166. The van der Waals surface area contributed by atoms with E-state index in [1.165, 1.54) is 6.08 Å². The van der Waals surface area contributed by atoms with E-state index in [9.17, 15) is 4.79 Å². The lowest BCUT2D eigenvalue weighted by Gasteiger charge is -2.43. The van der Waals surface area contributed by atoms with Crippen LogP contribution in [0.15, 0.2) is 43.0 Å². The molecule has 6 rings (SSSR count). The number of benzene rings is 1. The Labute approximate surface area is 258 Å². The van der Waals surface area contributed by atoms with Crippen molar-refractivity contribution in [2.24, 2.45) is 0 Å². The Balaban J connectivity index is 1.41. The molecule has 3 aromatic rings. The van der Waals surface area contributed by atoms with E-state index < -0.39 is 5.60 Å². The lowest BCUT2D eigenvalue weighted by Crippen LogP contribution is -2.56. The van der Waals surface area contributed by atoms with Crippen LogP contribution in [0.3, 0.4) is 0 Å². The van der Waals surface area contributed by atoms with E-state index in [1.807, 2.05) is 44.2 Å². The smallest absolute Gasteiger partial charge is 0.318 e. The summed E-state index contributed by atoms with van der Waals surface area (Å²) in [6.07, 6.45) is 3.61. The lowest BCUT2D eigenvalue weighted by atomic mass is 9.88. The number of rotatable bonds is 7. The number of fused-ring (bicyclic) bond motifs is 2. The van der Waals surface area contributed by atoms with Gasteiger partial charge in [-0.15, -0.1) is 0 Å². The van der Waals surface area contributed by atoms with E-state index in [2.05, 4.69) is 28.3 Å². The third-order valence-electron chi connectivity index (χ3n) is 9.08. The zero-order valence-electron chi connectivity index (χ0n) is 25.7. The zero-order chi connectivity index (χ0) is 31.0. The second-order valence-electron chi connectivity index (χ2n) is 12.4. The summed E-state index contributed by atoms with van der Waals surface area (Å²) in [6.45, 7) is 18.4. The first kappa shape index (κ1) is 29.8. The quantitative estimate of drug-likeness (QED) is 0.322. The van der Waals surface area contributed by atoms with Crippen molar-refractivity contribution in [3.05, 3.63) is 71.4 Å². The Morgan fingerprint density at radius 1 is 1.23 bits per heavy atom. The average molecular weight is 597 g/mol. The first-order chi connectivity index (χ1) is 21.2. The fraction of sp³-hybridized carbons (Fsp3) is 0.485. The van der Waals surface area contributed by atoms with Crippen LogP contribution in [0.4, 0.5) is 11.6 Å². The fourth-order valence-electron chi connectivity index (χ4n) is 6.88. The van der Waals surface area contributed by atoms with Gasteiger partial charge in [0.05, 0.1) is 17.0 Å². The molecule has 0 saturated carbocycles. The SMILES string of the molecule is [C-]#[N+]C[C@H]1CN(c2nc(OC[C@@H]3CCCN3C)nc3c2C(C)(C)OC(c2nc(N)cc4ccccc24)C3)CCN1C(=O)C=C. The number of hydrogen-bond donors (Lipinski definition) is 1. The molecular formula is C33H40N8O3. The number of nitrogens with zero attached hydrogens (tertiary/aromatic N) is 7. The van der Waals surface area contributed by atoms with Crippen molar-refractivity contribution in [1.29, 1.82) is 0 Å². The monoisotopic (exact) mass is 596 g/mol. The highest BCUT2D eigenvalue weighted by Gasteiger charge is 2.43. The standard InChI is InChI=1S/C33H40N8O3/c1-6-28(42)41-15-14-40(19-23(41)18-35-4)31-29-25(36-32(38-31)43-20-22-11-9-13-39(22)5)17-26(44-33(29,2)3)30-24-12-8-7-10-21(24)16-27(34)37-30/h6-8,10,12,16,22-23,26H,1,9,11,13-15,17-20H2,2-3,5H3,(H2,34,37)/t22-,23-,26?/m0/s1. The van der Waals surface area contributed by atoms with E-state index >= 15 is 0 Å². The van der Waals surface area contributed by atoms with E-state index in [-0.39, 0.29) is 24.6 Å². The molecule has 5 heterocycles. The Kier molecular flexibility index (Phi) is 8.14. The first-order valence-corrected chi connectivity index (χ1v) is 15.3. The van der Waals surface area contributed by atoms with Crippen LogP contribution in [0.1, 0.15) is 49.7 Å². The number of nitrogens with two attached hydrogens (primary N) is 1. The summed E-state index contributed by atoms with van der Waals surface area (Å²) in [5.74, 6) is 0.997. The van der Waals surface area contributed by atoms with Crippen LogP contribution in [-0.2, 0) is 21.6 Å². The number of carbonyl (C=O) groups excluding carboxylic acids is 1. The molecule has 0 aliphatic carbocycles. The highest BCUT2D eigenvalue weighted by molar-refractivity contribution is 5.88. The Morgan fingerprint density at radius 3 is 2.80 bits per heavy atom. The number of amides is 1. The highest BCUT2D eigenvalue weighted by Crippen LogP contribution is 2.46. The van der Waals surface area contributed by atoms with Gasteiger partial charge in [-0.1, -0.05) is 30.8 Å². The molecule has 2 fully saturated rings. The van der Waals surface area contributed by atoms with Gasteiger partial charge in [0, 0.05) is 43.0 Å². The predicted molar refractivity (Wildman–Crippen MR) is 169 cm³/mol. The molecule has 44 heavy (non-hydrogen) atoms. The molecular weight excluding hydrogens is 556 g/mol. The number of pyridine rings is 1. The molecule has 0 spiro atoms. The summed E-state index contributed by atoms with van der Waals surface area (Å²) < 4.78 is 13.1. The molecule has 0 radical (unpaired) electrons. The van der Waals surface area contributed by atoms with Crippen LogP contribution >= 0.6 is 0 Å². The first-order valence-electron chi connectivity index (χ1n) is 15.3. The maximum Gasteiger partial charge on any atom is 0.318 e. The Morgan fingerprint density at radius 2 is 2.05 bits per heavy atom. The van der Waals surface area contributed by atoms with Gasteiger partial charge in [0.15, 0.2) is 0 Å². The molecule has 11 heteroatoms. The number of piperazine rings is 1. The molecule has 0 bridgehead atoms. The van der Waals surface area contributed by atoms with Crippen LogP contribution in [0.25, 0.3) is 15.6 Å². The summed E-state index contributed by atoms with van der Waals surface area (Å²) in [7, 11) is 2.12. The van der Waals surface area contributed by atoms with Crippen LogP contribution in [-0.4, -0.2) is 89.1 Å². The molecule has 3 atom stereocenters. The second-order valence-corrected chi connectivity index (χ2v) is 12.4. The molecule has 2 N–H and O–H groups in total. The average Bonchev–Trinajstić information content (AvgIpc) is 3.42. The van der Waals surface area contributed by atoms with Gasteiger partial charge in [-0.25, -0.2) is 11.6 Å². The molecule has 3 aliphatic rings. The predicted octanol–water partition coefficient (Wildman–Crippen LogP) is 3.75. The van der Waals surface area contributed by atoms with Crippen LogP contribution in [0.2, 0.25) is 0 Å². The summed E-state index contributed by atoms with van der Waals surface area (Å²) >= 11 is 0. The number of aromatic nitrogens is 3. The summed E-state index contributed by atoms with van der Waals surface area (Å²) in [4.78, 5) is 37.2. The van der Waals surface area contributed by atoms with Gasteiger partial charge in [0.1, 0.15) is 30.4 Å². The molecule has 2 saturated heterocycles. The zero-order valence-corrected chi connectivity index (χ0v) is 25.7. The summed E-state index contributed by atoms with van der Waals surface area (Å²) in [6, 6.07) is 10.3. The van der Waals surface area contributed by atoms with Gasteiger partial charge in [-0.05, 0) is 57.8 Å². The molecule has 11 nitrogen and oxygen atoms in total. The molecule has 1 aromatic carbocycles. The van der Waals surface area contributed by atoms with Crippen LogP contribution < -0.4 is 15.4 Å². The largest absolute Gasteiger partial charge is 0.462 e. The Bertz CT molecular complexity index is 1620. The van der Waals surface area contributed by atoms with Gasteiger partial charge in [0.2, 0.25) is 12.5 Å². The number of nitrogen functional groups attached to an aromatic ring is 1. The topological polar surface area (TPSA) is 114 Å². The summed E-state index contributed by atoms with van der Waals surface area (Å²) in [5.41, 5.74) is 7.97. The van der Waals surface area contributed by atoms with E-state index in [0.29, 0.717) is 50.5 Å². The molecule has 1 amide bonds. The number of anilines is 2. The van der Waals surface area contributed by atoms with Crippen molar-refractivity contribution in [2.75, 3.05) is 57.0 Å². The minimum atomic E-state index is -0.783. The third-order valence-corrected chi connectivity index (χ3v) is 9.08. The molecule has 2 aromatic heterocycles. The number of likely N-dealkylation sites (tertiary alicyclic amines) is 1. The molecule has 230 valence electrons. The number of ether oxygens (including phenoxy) is 2. The van der Waals surface area contributed by atoms with Crippen molar-refractivity contribution in [3.8, 4) is 6.01 Å². The maximum atomic E-state index is 12.6. The van der Waals surface area contributed by atoms with Crippen molar-refractivity contribution in [1.82, 2.24) is 24.8 Å². The van der Waals surface area contributed by atoms with Gasteiger partial charge in [-0.2, -0.15) is 9.97 Å². The van der Waals surface area contributed by atoms with Crippen molar-refractivity contribution in [3.63, 3.8) is 0 Å². The number of carbonyl (C=O) groups is 1. The fourth-order valence-corrected chi connectivity index (χ4v) is 6.88. The summed E-state index contributed by atoms with van der Waals surface area (Å²) in [5, 5.41) is 2.00. The van der Waals surface area contributed by atoms with Crippen molar-refractivity contribution < 1.29 is 14.3 Å². The number of likely N-dealkylation sites (N-methyl/N-ethyl adjacent to an activating group) is 1. The Hall–Kier alpha value is -4.27. The van der Waals surface area contributed by atoms with Gasteiger partial charge in [0.25, 0.3) is 0 Å². The van der Waals surface area contributed by atoms with E-state index in [4.69, 9.17) is 36.7 Å². The van der Waals surface area contributed by atoms with E-state index in [0.717, 1.165) is 52.9 Å². The lowest BCUT2D eigenvalue weighted by molar-refractivity contribution is -0.128. The maximum absolute atomic E-state index is 12.6.